The van der Waals surface area contributed by atoms with Crippen LogP contribution in [-0.2, 0) is 6.42 Å². The van der Waals surface area contributed by atoms with E-state index in [2.05, 4.69) is 30.6 Å². The number of aryl methyl sites for hydroxylation is 1. The Morgan fingerprint density at radius 1 is 1.40 bits per heavy atom. The van der Waals surface area contributed by atoms with Crippen molar-refractivity contribution < 1.29 is 4.79 Å². The lowest BCUT2D eigenvalue weighted by Crippen LogP contribution is -2.26. The van der Waals surface area contributed by atoms with Crippen LogP contribution in [0.5, 0.6) is 0 Å². The summed E-state index contributed by atoms with van der Waals surface area (Å²) < 4.78 is 0. The minimum absolute atomic E-state index is 0.211. The molecule has 0 spiro atoms. The molecule has 2 heterocycles. The predicted molar refractivity (Wildman–Crippen MR) is 75.4 cm³/mol. The zero-order valence-electron chi connectivity index (χ0n) is 11.4. The molecule has 1 amide bonds. The maximum atomic E-state index is 11.9. The van der Waals surface area contributed by atoms with Gasteiger partial charge in [-0.25, -0.2) is 9.97 Å². The molecule has 20 heavy (non-hydrogen) atoms. The molecule has 2 aromatic rings. The first-order chi connectivity index (χ1) is 9.79. The number of imidazole rings is 1. The molecule has 0 unspecified atom stereocenters. The highest BCUT2D eigenvalue weighted by Crippen LogP contribution is 2.01. The van der Waals surface area contributed by atoms with Crippen molar-refractivity contribution in [3.8, 4) is 0 Å². The van der Waals surface area contributed by atoms with Crippen molar-refractivity contribution in [2.24, 2.45) is 0 Å². The molecule has 0 saturated carbocycles. The largest absolute Gasteiger partial charge is 0.369 e. The molecule has 0 aliphatic carbocycles. The smallest absolute Gasteiger partial charge is 0.271 e. The number of nitrogens with zero attached hydrogens (tertiary/aromatic N) is 3. The van der Waals surface area contributed by atoms with Crippen LogP contribution in [0, 0.1) is 0 Å². The van der Waals surface area contributed by atoms with Crippen LogP contribution in [0.25, 0.3) is 0 Å². The van der Waals surface area contributed by atoms with Crippen LogP contribution in [0.4, 0.5) is 5.82 Å². The highest BCUT2D eigenvalue weighted by molar-refractivity contribution is 5.92. The van der Waals surface area contributed by atoms with E-state index in [4.69, 9.17) is 0 Å². The Balaban J connectivity index is 1.78. The second-order valence-corrected chi connectivity index (χ2v) is 4.22. The third-order valence-electron chi connectivity index (χ3n) is 2.66. The SMILES string of the molecule is CCNc1cncc(C(=O)NCCCc2ncc[nH]2)n1. The van der Waals surface area contributed by atoms with Gasteiger partial charge in [0.05, 0.1) is 12.4 Å². The average Bonchev–Trinajstić information content (AvgIpc) is 2.97. The van der Waals surface area contributed by atoms with Gasteiger partial charge in [0, 0.05) is 31.9 Å². The van der Waals surface area contributed by atoms with Gasteiger partial charge in [0.1, 0.15) is 17.3 Å². The Morgan fingerprint density at radius 2 is 2.30 bits per heavy atom. The monoisotopic (exact) mass is 274 g/mol. The molecule has 0 bridgehead atoms. The Kier molecular flexibility index (Phi) is 5.05. The summed E-state index contributed by atoms with van der Waals surface area (Å²) >= 11 is 0. The molecule has 0 aromatic carbocycles. The number of carbonyl (C=O) groups is 1. The lowest BCUT2D eigenvalue weighted by atomic mass is 10.3. The van der Waals surface area contributed by atoms with Crippen molar-refractivity contribution >= 4 is 11.7 Å². The van der Waals surface area contributed by atoms with Crippen molar-refractivity contribution in [2.75, 3.05) is 18.4 Å². The number of carbonyl (C=O) groups excluding carboxylic acids is 1. The Bertz CT molecular complexity index is 540. The van der Waals surface area contributed by atoms with Crippen LogP contribution >= 0.6 is 0 Å². The molecule has 2 aromatic heterocycles. The number of anilines is 1. The fraction of sp³-hybridized carbons (Fsp3) is 0.385. The molecule has 0 saturated heterocycles. The Morgan fingerprint density at radius 3 is 3.05 bits per heavy atom. The van der Waals surface area contributed by atoms with Gasteiger partial charge in [-0.3, -0.25) is 9.78 Å². The molecule has 0 atom stereocenters. The van der Waals surface area contributed by atoms with E-state index < -0.39 is 0 Å². The van der Waals surface area contributed by atoms with Gasteiger partial charge in [-0.05, 0) is 13.3 Å². The molecule has 3 N–H and O–H groups in total. The summed E-state index contributed by atoms with van der Waals surface area (Å²) in [5.41, 5.74) is 0.321. The average molecular weight is 274 g/mol. The summed E-state index contributed by atoms with van der Waals surface area (Å²) in [4.78, 5) is 27.2. The quantitative estimate of drug-likeness (QED) is 0.654. The van der Waals surface area contributed by atoms with E-state index in [1.165, 1.54) is 6.20 Å². The van der Waals surface area contributed by atoms with E-state index in [0.29, 0.717) is 18.1 Å². The van der Waals surface area contributed by atoms with E-state index in [-0.39, 0.29) is 5.91 Å². The third kappa shape index (κ3) is 4.04. The molecule has 0 fully saturated rings. The predicted octanol–water partition coefficient (Wildman–Crippen LogP) is 0.994. The molecule has 7 heteroatoms. The molecular formula is C13H18N6O. The Hall–Kier alpha value is -2.44. The van der Waals surface area contributed by atoms with Gasteiger partial charge in [-0.1, -0.05) is 0 Å². The number of hydrogen-bond donors (Lipinski definition) is 3. The van der Waals surface area contributed by atoms with Crippen molar-refractivity contribution in [2.45, 2.75) is 19.8 Å². The third-order valence-corrected chi connectivity index (χ3v) is 2.66. The van der Waals surface area contributed by atoms with Crippen LogP contribution < -0.4 is 10.6 Å². The van der Waals surface area contributed by atoms with Crippen LogP contribution in [0.3, 0.4) is 0 Å². The van der Waals surface area contributed by atoms with E-state index in [9.17, 15) is 4.79 Å². The first-order valence-corrected chi connectivity index (χ1v) is 6.62. The fourth-order valence-corrected chi connectivity index (χ4v) is 1.72. The van der Waals surface area contributed by atoms with Gasteiger partial charge in [-0.2, -0.15) is 0 Å². The minimum Gasteiger partial charge on any atom is -0.369 e. The van der Waals surface area contributed by atoms with E-state index in [0.717, 1.165) is 25.2 Å². The fourth-order valence-electron chi connectivity index (χ4n) is 1.72. The number of rotatable bonds is 7. The Labute approximate surface area is 117 Å². The van der Waals surface area contributed by atoms with E-state index in [1.807, 2.05) is 6.92 Å². The summed E-state index contributed by atoms with van der Waals surface area (Å²) in [7, 11) is 0. The lowest BCUT2D eigenvalue weighted by Gasteiger charge is -2.06. The highest BCUT2D eigenvalue weighted by atomic mass is 16.1. The normalized spacial score (nSPS) is 10.2. The summed E-state index contributed by atoms with van der Waals surface area (Å²) in [5.74, 6) is 1.32. The standard InChI is InChI=1S/C13H18N6O/c1-2-15-12-9-14-8-10(19-12)13(20)18-5-3-4-11-16-6-7-17-11/h6-9H,2-5H2,1H3,(H,15,19)(H,16,17)(H,18,20). The molecular weight excluding hydrogens is 256 g/mol. The zero-order chi connectivity index (χ0) is 14.2. The number of aromatic nitrogens is 4. The summed E-state index contributed by atoms with van der Waals surface area (Å²) in [6.45, 7) is 3.28. The van der Waals surface area contributed by atoms with E-state index >= 15 is 0 Å². The molecule has 2 rings (SSSR count). The number of amides is 1. The van der Waals surface area contributed by atoms with E-state index in [1.54, 1.807) is 18.6 Å². The van der Waals surface area contributed by atoms with Gasteiger partial charge in [0.15, 0.2) is 0 Å². The maximum absolute atomic E-state index is 11.9. The molecule has 7 nitrogen and oxygen atoms in total. The second-order valence-electron chi connectivity index (χ2n) is 4.22. The minimum atomic E-state index is -0.211. The number of nitrogens with one attached hydrogen (secondary N) is 3. The maximum Gasteiger partial charge on any atom is 0.271 e. The summed E-state index contributed by atoms with van der Waals surface area (Å²) in [6, 6.07) is 0. The van der Waals surface area contributed by atoms with Crippen molar-refractivity contribution in [3.63, 3.8) is 0 Å². The summed E-state index contributed by atoms with van der Waals surface area (Å²) in [5, 5.41) is 5.84. The van der Waals surface area contributed by atoms with Crippen LogP contribution in [0.1, 0.15) is 29.7 Å². The lowest BCUT2D eigenvalue weighted by molar-refractivity contribution is 0.0948. The number of aromatic amines is 1. The topological polar surface area (TPSA) is 95.6 Å². The van der Waals surface area contributed by atoms with Crippen LogP contribution in [-0.4, -0.2) is 38.9 Å². The van der Waals surface area contributed by atoms with Gasteiger partial charge in [-0.15, -0.1) is 0 Å². The van der Waals surface area contributed by atoms with Gasteiger partial charge < -0.3 is 15.6 Å². The summed E-state index contributed by atoms with van der Waals surface area (Å²) in [6.07, 6.45) is 8.18. The first-order valence-electron chi connectivity index (χ1n) is 6.62. The number of hydrogen-bond acceptors (Lipinski definition) is 5. The van der Waals surface area contributed by atoms with Crippen molar-refractivity contribution in [3.05, 3.63) is 36.3 Å². The number of H-pyrrole nitrogens is 1. The molecule has 106 valence electrons. The molecule has 0 aliphatic rings. The highest BCUT2D eigenvalue weighted by Gasteiger charge is 2.08. The van der Waals surface area contributed by atoms with Gasteiger partial charge in [0.25, 0.3) is 5.91 Å². The van der Waals surface area contributed by atoms with Crippen molar-refractivity contribution in [1.82, 2.24) is 25.3 Å². The van der Waals surface area contributed by atoms with Gasteiger partial charge in [0.2, 0.25) is 0 Å². The second kappa shape index (κ2) is 7.22. The van der Waals surface area contributed by atoms with Crippen LogP contribution in [0.15, 0.2) is 24.8 Å². The van der Waals surface area contributed by atoms with Crippen LogP contribution in [0.2, 0.25) is 0 Å². The first kappa shape index (κ1) is 14.0. The van der Waals surface area contributed by atoms with Gasteiger partial charge >= 0.3 is 0 Å². The molecule has 0 radical (unpaired) electrons. The molecule has 0 aliphatic heterocycles. The zero-order valence-corrected chi connectivity index (χ0v) is 11.4. The van der Waals surface area contributed by atoms with Crippen molar-refractivity contribution in [1.29, 1.82) is 0 Å².